The molecular formula is C22H23Cl2N3O5. The van der Waals surface area contributed by atoms with E-state index in [2.05, 4.69) is 10.3 Å². The number of aryl methyl sites for hydroxylation is 1. The van der Waals surface area contributed by atoms with Crippen LogP contribution in [0.3, 0.4) is 0 Å². The van der Waals surface area contributed by atoms with Crippen LogP contribution in [0.1, 0.15) is 36.8 Å². The normalized spacial score (nSPS) is 11.6. The van der Waals surface area contributed by atoms with Gasteiger partial charge in [-0.05, 0) is 39.8 Å². The summed E-state index contributed by atoms with van der Waals surface area (Å²) in [5.41, 5.74) is 0.623. The third kappa shape index (κ3) is 4.92. The van der Waals surface area contributed by atoms with Gasteiger partial charge in [0.25, 0.3) is 0 Å². The average Bonchev–Trinajstić information content (AvgIpc) is 2.94. The summed E-state index contributed by atoms with van der Waals surface area (Å²) in [4.78, 5) is 28.3. The molecule has 3 N–H and O–H groups in total. The van der Waals surface area contributed by atoms with E-state index in [9.17, 15) is 19.8 Å². The number of hydrogen-bond donors (Lipinski definition) is 3. The molecule has 0 aliphatic carbocycles. The number of halogens is 2. The first-order chi connectivity index (χ1) is 14.9. The number of pyridine rings is 1. The van der Waals surface area contributed by atoms with Gasteiger partial charge in [0.15, 0.2) is 0 Å². The van der Waals surface area contributed by atoms with Crippen LogP contribution in [-0.2, 0) is 11.3 Å². The molecular weight excluding hydrogens is 457 g/mol. The smallest absolute Gasteiger partial charge is 0.407 e. The molecule has 10 heteroatoms. The predicted molar refractivity (Wildman–Crippen MR) is 123 cm³/mol. The molecule has 2 aromatic heterocycles. The number of nitrogens with one attached hydrogen (secondary N) is 1. The molecule has 2 heterocycles. The van der Waals surface area contributed by atoms with Crippen LogP contribution in [0.5, 0.6) is 5.88 Å². The number of aromatic carboxylic acids is 1. The van der Waals surface area contributed by atoms with Crippen molar-refractivity contribution in [1.82, 2.24) is 14.9 Å². The number of amides is 1. The van der Waals surface area contributed by atoms with E-state index < -0.39 is 17.7 Å². The van der Waals surface area contributed by atoms with Gasteiger partial charge in [-0.2, -0.15) is 0 Å². The van der Waals surface area contributed by atoms with Gasteiger partial charge >= 0.3 is 12.1 Å². The van der Waals surface area contributed by atoms with Gasteiger partial charge in [0.2, 0.25) is 5.88 Å². The lowest BCUT2D eigenvalue weighted by Crippen LogP contribution is -2.34. The zero-order valence-corrected chi connectivity index (χ0v) is 19.5. The maximum Gasteiger partial charge on any atom is 0.407 e. The zero-order valence-electron chi connectivity index (χ0n) is 18.0. The molecule has 0 saturated heterocycles. The van der Waals surface area contributed by atoms with Crippen LogP contribution in [0.15, 0.2) is 24.4 Å². The van der Waals surface area contributed by atoms with Crippen molar-refractivity contribution in [1.29, 1.82) is 0 Å². The molecule has 0 saturated carbocycles. The number of ether oxygens (including phenoxy) is 1. The van der Waals surface area contributed by atoms with Gasteiger partial charge < -0.3 is 24.8 Å². The lowest BCUT2D eigenvalue weighted by molar-refractivity contribution is 0.0525. The van der Waals surface area contributed by atoms with Crippen molar-refractivity contribution in [3.8, 4) is 17.0 Å². The second-order valence-electron chi connectivity index (χ2n) is 8.21. The minimum atomic E-state index is -1.20. The van der Waals surface area contributed by atoms with Crippen LogP contribution >= 0.6 is 23.2 Å². The lowest BCUT2D eigenvalue weighted by Gasteiger charge is -2.19. The number of nitrogens with zero attached hydrogens (tertiary/aromatic N) is 2. The molecule has 0 fully saturated rings. The number of carboxylic acid groups (broad SMARTS) is 1. The van der Waals surface area contributed by atoms with E-state index in [-0.39, 0.29) is 46.2 Å². The molecule has 170 valence electrons. The molecule has 0 bridgehead atoms. The number of fused-ring (bicyclic) bond motifs is 1. The summed E-state index contributed by atoms with van der Waals surface area (Å²) in [6.07, 6.45) is 1.01. The molecule has 1 amide bonds. The van der Waals surface area contributed by atoms with Crippen molar-refractivity contribution in [3.63, 3.8) is 0 Å². The van der Waals surface area contributed by atoms with Crippen LogP contribution in [0, 0.1) is 6.92 Å². The van der Waals surface area contributed by atoms with Gasteiger partial charge in [0, 0.05) is 40.5 Å². The molecule has 0 aliphatic rings. The number of aromatic hydroxyl groups is 1. The number of rotatable bonds is 5. The Labute approximate surface area is 194 Å². The Bertz CT molecular complexity index is 1210. The number of carbonyl (C=O) groups is 2. The molecule has 0 spiro atoms. The molecule has 3 aromatic rings. The van der Waals surface area contributed by atoms with Crippen molar-refractivity contribution in [2.75, 3.05) is 6.54 Å². The third-order valence-corrected chi connectivity index (χ3v) is 5.16. The Morgan fingerprint density at radius 2 is 1.94 bits per heavy atom. The summed E-state index contributed by atoms with van der Waals surface area (Å²) in [7, 11) is 0. The van der Waals surface area contributed by atoms with E-state index in [4.69, 9.17) is 27.9 Å². The fraction of sp³-hybridized carbons (Fsp3) is 0.318. The summed E-state index contributed by atoms with van der Waals surface area (Å²) in [6, 6.07) is 4.70. The highest BCUT2D eigenvalue weighted by Gasteiger charge is 2.25. The SMILES string of the molecule is Cc1nc2cn(CCNC(=O)OC(C)(C)C)c(O)c2c(-c2ccc(Cl)cc2Cl)c1C(=O)O. The number of carboxylic acids is 1. The van der Waals surface area contributed by atoms with Gasteiger partial charge in [-0.15, -0.1) is 0 Å². The maximum absolute atomic E-state index is 12.1. The third-order valence-electron chi connectivity index (χ3n) is 4.62. The topological polar surface area (TPSA) is 114 Å². The van der Waals surface area contributed by atoms with Crippen LogP contribution in [0.4, 0.5) is 4.79 Å². The summed E-state index contributed by atoms with van der Waals surface area (Å²) >= 11 is 12.4. The molecule has 3 rings (SSSR count). The van der Waals surface area contributed by atoms with E-state index in [0.717, 1.165) is 0 Å². The van der Waals surface area contributed by atoms with Gasteiger partial charge in [-0.25, -0.2) is 9.59 Å². The van der Waals surface area contributed by atoms with Crippen molar-refractivity contribution >= 4 is 46.2 Å². The second kappa shape index (κ2) is 8.88. The predicted octanol–water partition coefficient (Wildman–Crippen LogP) is 5.25. The monoisotopic (exact) mass is 479 g/mol. The van der Waals surface area contributed by atoms with E-state index in [1.807, 2.05) is 0 Å². The van der Waals surface area contributed by atoms with Crippen LogP contribution < -0.4 is 5.32 Å². The standard InChI is InChI=1S/C22H23Cl2N3O5/c1-11-16(20(29)30)17(13-6-5-12(23)9-14(13)24)18-15(26-11)10-27(19(18)28)8-7-25-21(31)32-22(2,3)4/h5-6,9-10,28H,7-8H2,1-4H3,(H,25,31)(H,29,30). The van der Waals surface area contributed by atoms with Crippen molar-refractivity contribution in [2.24, 2.45) is 0 Å². The number of alkyl carbamates (subject to hydrolysis) is 1. The van der Waals surface area contributed by atoms with Gasteiger partial charge in [-0.3, -0.25) is 4.98 Å². The Hall–Kier alpha value is -2.97. The number of aromatic nitrogens is 2. The van der Waals surface area contributed by atoms with Crippen molar-refractivity contribution < 1.29 is 24.5 Å². The summed E-state index contributed by atoms with van der Waals surface area (Å²) in [5.74, 6) is -1.39. The minimum absolute atomic E-state index is 0.0679. The van der Waals surface area contributed by atoms with Crippen molar-refractivity contribution in [2.45, 2.75) is 39.8 Å². The Morgan fingerprint density at radius 1 is 1.25 bits per heavy atom. The van der Waals surface area contributed by atoms with Gasteiger partial charge in [0.1, 0.15) is 5.60 Å². The van der Waals surface area contributed by atoms with Crippen molar-refractivity contribution in [3.05, 3.63) is 45.7 Å². The molecule has 0 radical (unpaired) electrons. The summed E-state index contributed by atoms with van der Waals surface area (Å²) in [5, 5.41) is 24.3. The van der Waals surface area contributed by atoms with E-state index in [1.165, 1.54) is 10.6 Å². The minimum Gasteiger partial charge on any atom is -0.494 e. The molecule has 0 atom stereocenters. The molecule has 0 aliphatic heterocycles. The molecule has 8 nitrogen and oxygen atoms in total. The molecule has 0 unspecified atom stereocenters. The first-order valence-electron chi connectivity index (χ1n) is 9.77. The Balaban J connectivity index is 2.06. The fourth-order valence-electron chi connectivity index (χ4n) is 3.38. The average molecular weight is 480 g/mol. The highest BCUT2D eigenvalue weighted by Crippen LogP contribution is 2.42. The number of carbonyl (C=O) groups excluding carboxylic acids is 1. The highest BCUT2D eigenvalue weighted by atomic mass is 35.5. The maximum atomic E-state index is 12.1. The second-order valence-corrected chi connectivity index (χ2v) is 9.06. The highest BCUT2D eigenvalue weighted by molar-refractivity contribution is 6.37. The number of benzene rings is 1. The Morgan fingerprint density at radius 3 is 2.53 bits per heavy atom. The van der Waals surface area contributed by atoms with Crippen LogP contribution in [0.25, 0.3) is 22.0 Å². The lowest BCUT2D eigenvalue weighted by atomic mass is 9.95. The van der Waals surface area contributed by atoms with Crippen LogP contribution in [0.2, 0.25) is 10.0 Å². The summed E-state index contributed by atoms with van der Waals surface area (Å²) < 4.78 is 6.68. The fourth-order valence-corrected chi connectivity index (χ4v) is 3.89. The largest absolute Gasteiger partial charge is 0.494 e. The first-order valence-corrected chi connectivity index (χ1v) is 10.5. The van der Waals surface area contributed by atoms with E-state index >= 15 is 0 Å². The molecule has 1 aromatic carbocycles. The van der Waals surface area contributed by atoms with Crippen LogP contribution in [-0.4, -0.2) is 44.0 Å². The Kier molecular flexibility index (Phi) is 6.57. The van der Waals surface area contributed by atoms with Gasteiger partial charge in [-0.1, -0.05) is 29.3 Å². The number of hydrogen-bond acceptors (Lipinski definition) is 5. The van der Waals surface area contributed by atoms with E-state index in [1.54, 1.807) is 46.0 Å². The zero-order chi connectivity index (χ0) is 23.8. The quantitative estimate of drug-likeness (QED) is 0.460. The summed E-state index contributed by atoms with van der Waals surface area (Å²) in [6.45, 7) is 7.23. The first kappa shape index (κ1) is 23.7. The molecule has 32 heavy (non-hydrogen) atoms. The van der Waals surface area contributed by atoms with Gasteiger partial charge in [0.05, 0.1) is 22.2 Å². The van der Waals surface area contributed by atoms with E-state index in [0.29, 0.717) is 16.1 Å².